The van der Waals surface area contributed by atoms with Gasteiger partial charge >= 0.3 is 0 Å². The normalized spacial score (nSPS) is 18.7. The molecule has 0 aliphatic carbocycles. The van der Waals surface area contributed by atoms with Crippen LogP contribution < -0.4 is 0 Å². The van der Waals surface area contributed by atoms with Crippen molar-refractivity contribution in [2.24, 2.45) is 11.8 Å². The smallest absolute Gasteiger partial charge is 0.0603 e. The Labute approximate surface area is 203 Å². The first-order chi connectivity index (χ1) is 15.6. The van der Waals surface area contributed by atoms with E-state index >= 15 is 0 Å². The molecule has 1 heterocycles. The Kier molecular flexibility index (Phi) is 19.0. The number of hydrogen-bond acceptors (Lipinski definition) is 2. The number of rotatable bonds is 21. The largest absolute Gasteiger partial charge is 0.375 e. The van der Waals surface area contributed by atoms with Crippen LogP contribution in [-0.4, -0.2) is 36.7 Å². The molecule has 0 bridgehead atoms. The lowest BCUT2D eigenvalue weighted by Gasteiger charge is -2.35. The van der Waals surface area contributed by atoms with Gasteiger partial charge in [0.1, 0.15) is 0 Å². The minimum Gasteiger partial charge on any atom is -0.375 e. The Morgan fingerprint density at radius 3 is 1.78 bits per heavy atom. The summed E-state index contributed by atoms with van der Waals surface area (Å²) in [6, 6.07) is 0. The number of unbranched alkanes of at least 4 members (excludes halogenated alkanes) is 8. The third kappa shape index (κ3) is 15.7. The fourth-order valence-corrected chi connectivity index (χ4v) is 5.44. The molecule has 0 saturated carbocycles. The minimum absolute atomic E-state index is 0.435. The first-order valence-electron chi connectivity index (χ1n) is 15.0. The molecule has 0 amide bonds. The second-order valence-corrected chi connectivity index (χ2v) is 11.2. The molecule has 1 rings (SSSR count). The van der Waals surface area contributed by atoms with E-state index in [0.717, 1.165) is 11.8 Å². The molecule has 2 unspecified atom stereocenters. The zero-order valence-corrected chi connectivity index (χ0v) is 23.0. The summed E-state index contributed by atoms with van der Waals surface area (Å²) in [5.41, 5.74) is 0. The highest BCUT2D eigenvalue weighted by Gasteiger charge is 2.23. The van der Waals surface area contributed by atoms with E-state index in [2.05, 4.69) is 39.5 Å². The average molecular weight is 452 g/mol. The average Bonchev–Trinajstić information content (AvgIpc) is 2.79. The summed E-state index contributed by atoms with van der Waals surface area (Å²) in [6.45, 7) is 15.6. The lowest BCUT2D eigenvalue weighted by molar-refractivity contribution is -0.0412. The van der Waals surface area contributed by atoms with E-state index in [0.29, 0.717) is 12.2 Å². The number of nitrogens with zero attached hydrogens (tertiary/aromatic N) is 1. The van der Waals surface area contributed by atoms with Crippen LogP contribution in [0.4, 0.5) is 0 Å². The fraction of sp³-hybridized carbons (Fsp3) is 1.00. The molecule has 0 radical (unpaired) electrons. The van der Waals surface area contributed by atoms with Crippen molar-refractivity contribution in [2.75, 3.05) is 19.6 Å². The highest BCUT2D eigenvalue weighted by atomic mass is 16.5. The maximum absolute atomic E-state index is 6.48. The van der Waals surface area contributed by atoms with E-state index < -0.39 is 0 Å². The van der Waals surface area contributed by atoms with Crippen LogP contribution in [0.2, 0.25) is 0 Å². The van der Waals surface area contributed by atoms with Crippen LogP contribution in [0.1, 0.15) is 150 Å². The molecule has 0 aromatic heterocycles. The molecular weight excluding hydrogens is 390 g/mol. The molecule has 3 atom stereocenters. The van der Waals surface area contributed by atoms with Crippen LogP contribution >= 0.6 is 0 Å². The van der Waals surface area contributed by atoms with Gasteiger partial charge in [0.05, 0.1) is 12.2 Å². The van der Waals surface area contributed by atoms with Crippen LogP contribution in [0.15, 0.2) is 0 Å². The number of ether oxygens (including phenoxy) is 1. The van der Waals surface area contributed by atoms with Gasteiger partial charge in [-0.2, -0.15) is 0 Å². The summed E-state index contributed by atoms with van der Waals surface area (Å²) in [5, 5.41) is 0. The molecule has 1 saturated heterocycles. The van der Waals surface area contributed by atoms with Crippen molar-refractivity contribution in [1.82, 2.24) is 4.90 Å². The highest BCUT2D eigenvalue weighted by molar-refractivity contribution is 4.76. The van der Waals surface area contributed by atoms with Gasteiger partial charge in [-0.15, -0.1) is 0 Å². The van der Waals surface area contributed by atoms with Crippen molar-refractivity contribution in [2.45, 2.75) is 162 Å². The van der Waals surface area contributed by atoms with Gasteiger partial charge in [-0.1, -0.05) is 105 Å². The number of likely N-dealkylation sites (tertiary alicyclic amines) is 1. The monoisotopic (exact) mass is 451 g/mol. The third-order valence-corrected chi connectivity index (χ3v) is 7.77. The minimum atomic E-state index is 0.435. The van der Waals surface area contributed by atoms with Gasteiger partial charge in [-0.25, -0.2) is 0 Å². The third-order valence-electron chi connectivity index (χ3n) is 7.77. The van der Waals surface area contributed by atoms with E-state index in [1.165, 1.54) is 135 Å². The highest BCUT2D eigenvalue weighted by Crippen LogP contribution is 2.24. The standard InChI is InChI=1S/C30H61NO/c1-6-9-12-15-17-27(4)20-21-28(5)32-30-22-24-31(25-23-30)26-29(18-14-11-8-3)19-16-13-10-7-2/h27-30H,6-26H2,1-5H3/t27?,28-,29?/m1/s1. The van der Waals surface area contributed by atoms with Gasteiger partial charge in [0.25, 0.3) is 0 Å². The number of piperidine rings is 1. The SMILES string of the molecule is CCCCCCC(C)CC[C@@H](C)OC1CCN(CC(CCCCC)CCCCCC)CC1. The van der Waals surface area contributed by atoms with Crippen LogP contribution in [0, 0.1) is 11.8 Å². The molecule has 1 aliphatic heterocycles. The van der Waals surface area contributed by atoms with Gasteiger partial charge in [0.2, 0.25) is 0 Å². The van der Waals surface area contributed by atoms with E-state index in [1.807, 2.05) is 0 Å². The number of hydrogen-bond donors (Lipinski definition) is 0. The van der Waals surface area contributed by atoms with E-state index in [9.17, 15) is 0 Å². The molecule has 192 valence electrons. The Morgan fingerprint density at radius 2 is 1.19 bits per heavy atom. The Morgan fingerprint density at radius 1 is 0.656 bits per heavy atom. The Bertz CT molecular complexity index is 390. The predicted molar refractivity (Wildman–Crippen MR) is 144 cm³/mol. The summed E-state index contributed by atoms with van der Waals surface area (Å²) in [7, 11) is 0. The first-order valence-corrected chi connectivity index (χ1v) is 15.0. The van der Waals surface area contributed by atoms with E-state index in [4.69, 9.17) is 4.74 Å². The zero-order valence-electron chi connectivity index (χ0n) is 23.0. The Hall–Kier alpha value is -0.0800. The summed E-state index contributed by atoms with van der Waals surface area (Å²) >= 11 is 0. The second kappa shape index (κ2) is 20.3. The molecule has 0 spiro atoms. The van der Waals surface area contributed by atoms with Gasteiger partial charge in [-0.05, 0) is 57.3 Å². The topological polar surface area (TPSA) is 12.5 Å². The van der Waals surface area contributed by atoms with Crippen molar-refractivity contribution in [3.05, 3.63) is 0 Å². The molecule has 32 heavy (non-hydrogen) atoms. The summed E-state index contributed by atoms with van der Waals surface area (Å²) in [5.74, 6) is 1.79. The van der Waals surface area contributed by atoms with Crippen LogP contribution in [-0.2, 0) is 4.74 Å². The van der Waals surface area contributed by atoms with Gasteiger partial charge in [0, 0.05) is 19.6 Å². The molecule has 1 fully saturated rings. The molecule has 2 nitrogen and oxygen atoms in total. The van der Waals surface area contributed by atoms with E-state index in [-0.39, 0.29) is 0 Å². The van der Waals surface area contributed by atoms with Crippen LogP contribution in [0.5, 0.6) is 0 Å². The zero-order chi connectivity index (χ0) is 23.4. The molecule has 2 heteroatoms. The first kappa shape index (κ1) is 30.0. The van der Waals surface area contributed by atoms with Crippen molar-refractivity contribution in [1.29, 1.82) is 0 Å². The summed E-state index contributed by atoms with van der Waals surface area (Å²) < 4.78 is 6.48. The second-order valence-electron chi connectivity index (χ2n) is 11.2. The molecule has 0 aromatic carbocycles. The molecule has 0 aromatic rings. The van der Waals surface area contributed by atoms with Crippen molar-refractivity contribution < 1.29 is 4.74 Å². The molecule has 0 N–H and O–H groups in total. The van der Waals surface area contributed by atoms with Gasteiger partial charge in [0.15, 0.2) is 0 Å². The predicted octanol–water partition coefficient (Wildman–Crippen LogP) is 9.41. The summed E-state index contributed by atoms with van der Waals surface area (Å²) in [4.78, 5) is 2.76. The fourth-order valence-electron chi connectivity index (χ4n) is 5.44. The van der Waals surface area contributed by atoms with E-state index in [1.54, 1.807) is 0 Å². The van der Waals surface area contributed by atoms with Crippen molar-refractivity contribution >= 4 is 0 Å². The maximum atomic E-state index is 6.48. The quantitative estimate of drug-likeness (QED) is 0.161. The lowest BCUT2D eigenvalue weighted by Crippen LogP contribution is -2.40. The maximum Gasteiger partial charge on any atom is 0.0603 e. The molecular formula is C30H61NO. The van der Waals surface area contributed by atoms with Crippen molar-refractivity contribution in [3.8, 4) is 0 Å². The van der Waals surface area contributed by atoms with Crippen molar-refractivity contribution in [3.63, 3.8) is 0 Å². The lowest BCUT2D eigenvalue weighted by atomic mass is 9.93. The van der Waals surface area contributed by atoms with Gasteiger partial charge < -0.3 is 9.64 Å². The van der Waals surface area contributed by atoms with Crippen LogP contribution in [0.3, 0.4) is 0 Å². The molecule has 1 aliphatic rings. The Balaban J connectivity index is 2.22. The summed E-state index contributed by atoms with van der Waals surface area (Å²) in [6.07, 6.45) is 25.7. The van der Waals surface area contributed by atoms with Gasteiger partial charge in [-0.3, -0.25) is 0 Å². The van der Waals surface area contributed by atoms with Crippen LogP contribution in [0.25, 0.3) is 0 Å².